The molecule has 0 fully saturated rings. The van der Waals surface area contributed by atoms with Gasteiger partial charge in [0.2, 0.25) is 5.52 Å². The number of aliphatic hydroxyl groups excluding tert-OH is 1. The lowest BCUT2D eigenvalue weighted by atomic mass is 10.3. The Hall–Kier alpha value is -0.220. The fraction of sp³-hybridized carbons (Fsp3) is 0.750. The molecule has 0 spiro atoms. The smallest absolute Gasteiger partial charge is 0.391 e. The maximum Gasteiger partial charge on any atom is 0.391 e. The first-order valence-corrected chi connectivity index (χ1v) is 4.29. The van der Waals surface area contributed by atoms with Crippen molar-refractivity contribution in [2.75, 3.05) is 6.61 Å². The molecule has 0 heterocycles. The van der Waals surface area contributed by atoms with Gasteiger partial charge in [-0.2, -0.15) is 0 Å². The summed E-state index contributed by atoms with van der Waals surface area (Å²) in [4.78, 5) is 26.7. The minimum absolute atomic E-state index is 0.101. The Morgan fingerprint density at radius 3 is 2.20 bits per heavy atom. The minimum Gasteiger partial charge on any atom is -0.396 e. The number of rotatable bonds is 4. The van der Waals surface area contributed by atoms with Crippen molar-refractivity contribution in [3.8, 4) is 0 Å². The molecule has 0 radical (unpaired) electrons. The summed E-state index contributed by atoms with van der Waals surface area (Å²) < 4.78 is 10.1. The molecule has 0 aromatic rings. The van der Waals surface area contributed by atoms with E-state index in [9.17, 15) is 9.36 Å². The molecule has 0 aromatic carbocycles. The summed E-state index contributed by atoms with van der Waals surface area (Å²) >= 11 is 0. The van der Waals surface area contributed by atoms with E-state index in [4.69, 9.17) is 14.9 Å². The molecule has 0 saturated heterocycles. The van der Waals surface area contributed by atoms with Gasteiger partial charge in [-0.1, -0.05) is 0 Å². The van der Waals surface area contributed by atoms with Gasteiger partial charge in [-0.15, -0.1) is 0 Å². The molecule has 0 bridgehead atoms. The van der Waals surface area contributed by atoms with Gasteiger partial charge < -0.3 is 14.9 Å². The van der Waals surface area contributed by atoms with Crippen LogP contribution < -0.4 is 0 Å². The van der Waals surface area contributed by atoms with Crippen molar-refractivity contribution in [3.05, 3.63) is 0 Å². The Bertz CT molecular complexity index is 159. The second kappa shape index (κ2) is 3.83. The number of hydrogen-bond acceptors (Lipinski definition) is 3. The van der Waals surface area contributed by atoms with E-state index in [2.05, 4.69) is 0 Å². The van der Waals surface area contributed by atoms with Crippen LogP contribution in [-0.4, -0.2) is 27.0 Å². The molecular weight excluding hydrogens is 159 g/mol. The monoisotopic (exact) mass is 168 g/mol. The van der Waals surface area contributed by atoms with Gasteiger partial charge in [-0.3, -0.25) is 9.36 Å². The summed E-state index contributed by atoms with van der Waals surface area (Å²) in [5, 5.41) is 8.18. The van der Waals surface area contributed by atoms with Crippen molar-refractivity contribution in [1.29, 1.82) is 0 Å². The van der Waals surface area contributed by atoms with Crippen LogP contribution in [0.1, 0.15) is 12.8 Å². The highest BCUT2D eigenvalue weighted by molar-refractivity contribution is 7.70. The van der Waals surface area contributed by atoms with Crippen molar-refractivity contribution >= 4 is 13.1 Å². The molecule has 0 aliphatic heterocycles. The lowest BCUT2D eigenvalue weighted by Crippen LogP contribution is -1.99. The first-order valence-electron chi connectivity index (χ1n) is 2.68. The number of aliphatic hydroxyl groups is 1. The van der Waals surface area contributed by atoms with E-state index in [-0.39, 0.29) is 19.4 Å². The first kappa shape index (κ1) is 9.78. The fourth-order valence-electron chi connectivity index (χ4n) is 0.376. The van der Waals surface area contributed by atoms with Crippen LogP contribution in [0.25, 0.3) is 0 Å². The highest BCUT2D eigenvalue weighted by Crippen LogP contribution is 2.37. The Morgan fingerprint density at radius 2 is 1.90 bits per heavy atom. The first-order chi connectivity index (χ1) is 4.48. The molecule has 0 unspecified atom stereocenters. The van der Waals surface area contributed by atoms with Gasteiger partial charge in [-0.25, -0.2) is 0 Å². The maximum absolute atomic E-state index is 10.3. The van der Waals surface area contributed by atoms with E-state index < -0.39 is 13.1 Å². The number of hydrogen-bond donors (Lipinski definition) is 3. The van der Waals surface area contributed by atoms with Crippen LogP contribution in [0, 0.1) is 0 Å². The molecule has 0 aromatic heterocycles. The van der Waals surface area contributed by atoms with Gasteiger partial charge in [0.25, 0.3) is 0 Å². The summed E-state index contributed by atoms with van der Waals surface area (Å²) in [7, 11) is -4.54. The Kier molecular flexibility index (Phi) is 3.75. The normalized spacial score (nSPS) is 11.5. The predicted molar refractivity (Wildman–Crippen MR) is 33.4 cm³/mol. The average Bonchev–Trinajstić information content (AvgIpc) is 1.80. The van der Waals surface area contributed by atoms with E-state index in [0.717, 1.165) is 0 Å². The highest BCUT2D eigenvalue weighted by Gasteiger charge is 2.23. The van der Waals surface area contributed by atoms with E-state index in [1.807, 2.05) is 0 Å². The van der Waals surface area contributed by atoms with Gasteiger partial charge >= 0.3 is 7.60 Å². The molecule has 0 atom stereocenters. The summed E-state index contributed by atoms with van der Waals surface area (Å²) in [6, 6.07) is 0. The van der Waals surface area contributed by atoms with Crippen molar-refractivity contribution in [1.82, 2.24) is 0 Å². The standard InChI is InChI=1S/C4H9O5P/c5-3-1-2-4(6)10(7,8)9/h5H,1-3H2,(H2,7,8,9). The SMILES string of the molecule is O=C(CCCO)P(=O)(O)O. The van der Waals surface area contributed by atoms with Crippen molar-refractivity contribution in [2.45, 2.75) is 12.8 Å². The molecule has 60 valence electrons. The minimum atomic E-state index is -4.54. The second-order valence-electron chi connectivity index (χ2n) is 1.76. The summed E-state index contributed by atoms with van der Waals surface area (Å²) in [6.07, 6.45) is -0.162. The number of carbonyl (C=O) groups excluding carboxylic acids is 1. The molecule has 6 heteroatoms. The molecular formula is C4H9O5P. The van der Waals surface area contributed by atoms with Crippen molar-refractivity contribution < 1.29 is 24.3 Å². The molecule has 10 heavy (non-hydrogen) atoms. The van der Waals surface area contributed by atoms with Gasteiger partial charge in [0, 0.05) is 13.0 Å². The van der Waals surface area contributed by atoms with E-state index in [0.29, 0.717) is 0 Å². The van der Waals surface area contributed by atoms with Crippen LogP contribution in [0.4, 0.5) is 0 Å². The molecule has 0 aliphatic rings. The van der Waals surface area contributed by atoms with E-state index >= 15 is 0 Å². The molecule has 5 nitrogen and oxygen atoms in total. The van der Waals surface area contributed by atoms with Gasteiger partial charge in [0.05, 0.1) is 0 Å². The van der Waals surface area contributed by atoms with Crippen LogP contribution >= 0.6 is 7.60 Å². The van der Waals surface area contributed by atoms with Crippen LogP contribution in [0.3, 0.4) is 0 Å². The third kappa shape index (κ3) is 3.74. The zero-order valence-corrected chi connectivity index (χ0v) is 6.12. The highest BCUT2D eigenvalue weighted by atomic mass is 31.2. The van der Waals surface area contributed by atoms with E-state index in [1.54, 1.807) is 0 Å². The molecule has 0 rings (SSSR count). The second-order valence-corrected chi connectivity index (χ2v) is 3.35. The summed E-state index contributed by atoms with van der Waals surface area (Å²) in [5.74, 6) is 0. The molecule has 0 aliphatic carbocycles. The van der Waals surface area contributed by atoms with Gasteiger partial charge in [0.15, 0.2) is 0 Å². The van der Waals surface area contributed by atoms with Crippen molar-refractivity contribution in [3.63, 3.8) is 0 Å². The van der Waals surface area contributed by atoms with Crippen LogP contribution in [0.5, 0.6) is 0 Å². The summed E-state index contributed by atoms with van der Waals surface area (Å²) in [6.45, 7) is -0.230. The third-order valence-electron chi connectivity index (χ3n) is 0.874. The summed E-state index contributed by atoms with van der Waals surface area (Å²) in [5.41, 5.74) is -1.11. The Balaban J connectivity index is 3.76. The third-order valence-corrected chi connectivity index (χ3v) is 1.75. The average molecular weight is 168 g/mol. The largest absolute Gasteiger partial charge is 0.396 e. The topological polar surface area (TPSA) is 94.8 Å². The van der Waals surface area contributed by atoms with Gasteiger partial charge in [0.1, 0.15) is 0 Å². The maximum atomic E-state index is 10.3. The van der Waals surface area contributed by atoms with Gasteiger partial charge in [-0.05, 0) is 6.42 Å². The number of carbonyl (C=O) groups is 1. The van der Waals surface area contributed by atoms with Crippen LogP contribution in [-0.2, 0) is 9.36 Å². The fourth-order valence-corrected chi connectivity index (χ4v) is 0.825. The predicted octanol–water partition coefficient (Wildman–Crippen LogP) is -0.537. The Morgan fingerprint density at radius 1 is 1.40 bits per heavy atom. The van der Waals surface area contributed by atoms with Crippen LogP contribution in [0.2, 0.25) is 0 Å². The lowest BCUT2D eigenvalue weighted by molar-refractivity contribution is -0.113. The quantitative estimate of drug-likeness (QED) is 0.490. The molecule has 0 saturated carbocycles. The van der Waals surface area contributed by atoms with E-state index in [1.165, 1.54) is 0 Å². The molecule has 0 amide bonds. The molecule has 3 N–H and O–H groups in total. The van der Waals surface area contributed by atoms with Crippen LogP contribution in [0.15, 0.2) is 0 Å². The van der Waals surface area contributed by atoms with Crippen molar-refractivity contribution in [2.24, 2.45) is 0 Å². The lowest BCUT2D eigenvalue weighted by Gasteiger charge is -1.99. The zero-order valence-electron chi connectivity index (χ0n) is 5.23. The zero-order chi connectivity index (χ0) is 8.20. The Labute approximate surface area is 57.8 Å².